The number of halogens is 3. The van der Waals surface area contributed by atoms with Gasteiger partial charge in [0.05, 0.1) is 43.8 Å². The van der Waals surface area contributed by atoms with Crippen LogP contribution in [-0.4, -0.2) is 39.9 Å². The van der Waals surface area contributed by atoms with Gasteiger partial charge in [-0.05, 0) is 17.2 Å². The second-order valence-corrected chi connectivity index (χ2v) is 8.22. The largest absolute Gasteiger partial charge is 0.494 e. The summed E-state index contributed by atoms with van der Waals surface area (Å²) >= 11 is 0. The molecule has 0 aliphatic carbocycles. The van der Waals surface area contributed by atoms with E-state index in [0.717, 1.165) is 23.4 Å². The van der Waals surface area contributed by atoms with Crippen LogP contribution in [0.15, 0.2) is 59.7 Å². The Morgan fingerprint density at radius 2 is 1.79 bits per heavy atom. The van der Waals surface area contributed by atoms with Crippen LogP contribution < -0.4 is 15.6 Å². The maximum Gasteiger partial charge on any atom is 0.255 e. The predicted molar refractivity (Wildman–Crippen MR) is 137 cm³/mol. The lowest BCUT2D eigenvalue weighted by Gasteiger charge is -2.10. The molecule has 0 aliphatic heterocycles. The highest BCUT2D eigenvalue weighted by atomic mass is 35.5. The van der Waals surface area contributed by atoms with Crippen molar-refractivity contribution in [2.75, 3.05) is 14.2 Å². The molecule has 4 aromatic rings. The van der Waals surface area contributed by atoms with E-state index < -0.39 is 17.5 Å². The number of nitrogens with one attached hydrogen (secondary N) is 2. The Balaban J connectivity index is 0.00000400. The first kappa shape index (κ1) is 28.5. The fourth-order valence-electron chi connectivity index (χ4n) is 3.85. The van der Waals surface area contributed by atoms with Gasteiger partial charge in [0.2, 0.25) is 0 Å². The molecule has 0 bridgehead atoms. The SMILES string of the molecule is COCc1n[nH]c(Cc2ccc(Cn3cc(F)ccc3=O)cc2)c1C(=O)NCc1nccc(OC)c1F.Cl. The first-order chi connectivity index (χ1) is 17.9. The van der Waals surface area contributed by atoms with Gasteiger partial charge in [0, 0.05) is 38.1 Å². The first-order valence-electron chi connectivity index (χ1n) is 11.3. The van der Waals surface area contributed by atoms with E-state index >= 15 is 0 Å². The van der Waals surface area contributed by atoms with Crippen LogP contribution in [0.3, 0.4) is 0 Å². The molecule has 0 atom stereocenters. The van der Waals surface area contributed by atoms with Crippen molar-refractivity contribution in [2.45, 2.75) is 26.1 Å². The Morgan fingerprint density at radius 1 is 1.05 bits per heavy atom. The maximum atomic E-state index is 14.4. The molecule has 0 saturated carbocycles. The van der Waals surface area contributed by atoms with Gasteiger partial charge >= 0.3 is 0 Å². The van der Waals surface area contributed by atoms with E-state index in [1.54, 1.807) is 0 Å². The smallest absolute Gasteiger partial charge is 0.255 e. The third kappa shape index (κ3) is 6.61. The van der Waals surface area contributed by atoms with E-state index in [0.29, 0.717) is 23.4 Å². The number of H-pyrrole nitrogens is 1. The lowest BCUT2D eigenvalue weighted by Crippen LogP contribution is -2.26. The van der Waals surface area contributed by atoms with Crippen LogP contribution >= 0.6 is 12.4 Å². The monoisotopic (exact) mass is 545 g/mol. The highest BCUT2D eigenvalue weighted by Crippen LogP contribution is 2.20. The van der Waals surface area contributed by atoms with E-state index in [1.165, 1.54) is 37.1 Å². The minimum Gasteiger partial charge on any atom is -0.494 e. The summed E-state index contributed by atoms with van der Waals surface area (Å²) in [6.45, 7) is 0.181. The minimum atomic E-state index is -0.643. The lowest BCUT2D eigenvalue weighted by atomic mass is 10.0. The quantitative estimate of drug-likeness (QED) is 0.316. The summed E-state index contributed by atoms with van der Waals surface area (Å²) in [5, 5.41) is 9.81. The summed E-state index contributed by atoms with van der Waals surface area (Å²) in [6.07, 6.45) is 2.92. The third-order valence-electron chi connectivity index (χ3n) is 5.69. The second-order valence-electron chi connectivity index (χ2n) is 8.22. The van der Waals surface area contributed by atoms with Crippen LogP contribution in [0, 0.1) is 11.6 Å². The molecule has 0 fully saturated rings. The van der Waals surface area contributed by atoms with Gasteiger partial charge in [0.25, 0.3) is 11.5 Å². The maximum absolute atomic E-state index is 14.4. The molecule has 200 valence electrons. The third-order valence-corrected chi connectivity index (χ3v) is 5.69. The molecule has 0 saturated heterocycles. The van der Waals surface area contributed by atoms with Gasteiger partial charge in [0.1, 0.15) is 11.5 Å². The summed E-state index contributed by atoms with van der Waals surface area (Å²) in [5.74, 6) is -1.55. The van der Waals surface area contributed by atoms with Crippen molar-refractivity contribution in [3.63, 3.8) is 0 Å². The number of carbonyl (C=O) groups is 1. The Hall–Kier alpha value is -4.09. The summed E-state index contributed by atoms with van der Waals surface area (Å²) in [7, 11) is 2.84. The molecule has 0 radical (unpaired) electrons. The first-order valence-corrected chi connectivity index (χ1v) is 11.3. The van der Waals surface area contributed by atoms with Crippen molar-refractivity contribution >= 4 is 18.3 Å². The summed E-state index contributed by atoms with van der Waals surface area (Å²) in [4.78, 5) is 29.0. The van der Waals surface area contributed by atoms with Crippen molar-refractivity contribution in [3.05, 3.63) is 111 Å². The number of rotatable bonds is 10. The molecule has 0 spiro atoms. The number of pyridine rings is 2. The summed E-state index contributed by atoms with van der Waals surface area (Å²) in [6, 6.07) is 11.1. The number of nitrogens with zero attached hydrogens (tertiary/aromatic N) is 3. The fourth-order valence-corrected chi connectivity index (χ4v) is 3.85. The van der Waals surface area contributed by atoms with E-state index in [2.05, 4.69) is 20.5 Å². The number of aromatic amines is 1. The number of ether oxygens (including phenoxy) is 2. The Morgan fingerprint density at radius 3 is 2.50 bits per heavy atom. The molecular formula is C26H26ClF2N5O4. The van der Waals surface area contributed by atoms with Gasteiger partial charge in [-0.3, -0.25) is 19.7 Å². The molecule has 38 heavy (non-hydrogen) atoms. The van der Waals surface area contributed by atoms with Gasteiger partial charge in [-0.25, -0.2) is 8.78 Å². The number of hydrogen-bond donors (Lipinski definition) is 2. The Bertz CT molecular complexity index is 1460. The Kier molecular flexibility index (Phi) is 9.69. The van der Waals surface area contributed by atoms with Gasteiger partial charge in [-0.2, -0.15) is 5.10 Å². The normalized spacial score (nSPS) is 10.6. The molecule has 0 aliphatic rings. The van der Waals surface area contributed by atoms with Gasteiger partial charge in [-0.1, -0.05) is 24.3 Å². The van der Waals surface area contributed by atoms with Crippen LogP contribution in [-0.2, 0) is 30.9 Å². The van der Waals surface area contributed by atoms with Crippen LogP contribution in [0.4, 0.5) is 8.78 Å². The van der Waals surface area contributed by atoms with Gasteiger partial charge < -0.3 is 19.4 Å². The van der Waals surface area contributed by atoms with Crippen molar-refractivity contribution in [1.82, 2.24) is 25.1 Å². The molecular weight excluding hydrogens is 520 g/mol. The van der Waals surface area contributed by atoms with Crippen LogP contribution in [0.1, 0.15) is 38.6 Å². The van der Waals surface area contributed by atoms with Crippen LogP contribution in [0.25, 0.3) is 0 Å². The van der Waals surface area contributed by atoms with Crippen molar-refractivity contribution in [2.24, 2.45) is 0 Å². The molecule has 3 heterocycles. The molecule has 3 aromatic heterocycles. The zero-order valence-corrected chi connectivity index (χ0v) is 21.5. The zero-order valence-electron chi connectivity index (χ0n) is 20.7. The fraction of sp³-hybridized carbons (Fsp3) is 0.231. The van der Waals surface area contributed by atoms with Crippen molar-refractivity contribution < 1.29 is 23.0 Å². The van der Waals surface area contributed by atoms with Crippen LogP contribution in [0.2, 0.25) is 0 Å². The number of aromatic nitrogens is 4. The zero-order chi connectivity index (χ0) is 26.4. The predicted octanol–water partition coefficient (Wildman–Crippen LogP) is 3.39. The minimum absolute atomic E-state index is 0. The highest BCUT2D eigenvalue weighted by Gasteiger charge is 2.21. The van der Waals surface area contributed by atoms with Gasteiger partial charge in [-0.15, -0.1) is 12.4 Å². The molecule has 1 aromatic carbocycles. The molecule has 1 amide bonds. The topological polar surface area (TPSA) is 111 Å². The van der Waals surface area contributed by atoms with Crippen LogP contribution in [0.5, 0.6) is 5.75 Å². The van der Waals surface area contributed by atoms with Gasteiger partial charge in [0.15, 0.2) is 11.6 Å². The number of benzene rings is 1. The number of methoxy groups -OCH3 is 2. The highest BCUT2D eigenvalue weighted by molar-refractivity contribution is 5.96. The number of carbonyl (C=O) groups excluding carboxylic acids is 1. The molecule has 0 unspecified atom stereocenters. The van der Waals surface area contributed by atoms with Crippen molar-refractivity contribution in [1.29, 1.82) is 0 Å². The molecule has 4 rings (SSSR count). The molecule has 12 heteroatoms. The second kappa shape index (κ2) is 12.9. The standard InChI is InChI=1S/C26H25F2N5O4.ClH/c1-36-15-21-24(26(35)30-12-20-25(28)22(37-2)9-10-29-20)19(31-32-21)11-16-3-5-17(6-4-16)13-33-14-18(27)7-8-23(33)34;/h3-10,14H,11-13,15H2,1-2H3,(H,30,35)(H,31,32);1H. The average Bonchev–Trinajstić information content (AvgIpc) is 3.28. The van der Waals surface area contributed by atoms with Crippen molar-refractivity contribution in [3.8, 4) is 5.75 Å². The Labute approximate surface area is 223 Å². The van der Waals surface area contributed by atoms with E-state index in [4.69, 9.17) is 9.47 Å². The van der Waals surface area contributed by atoms with E-state index in [-0.39, 0.29) is 49.1 Å². The number of hydrogen-bond acceptors (Lipinski definition) is 6. The molecule has 9 nitrogen and oxygen atoms in total. The average molecular weight is 546 g/mol. The summed E-state index contributed by atoms with van der Waals surface area (Å²) in [5.41, 5.74) is 2.70. The van der Waals surface area contributed by atoms with E-state index in [9.17, 15) is 18.4 Å². The lowest BCUT2D eigenvalue weighted by molar-refractivity contribution is 0.0944. The summed E-state index contributed by atoms with van der Waals surface area (Å²) < 4.78 is 39.3. The van der Waals surface area contributed by atoms with E-state index in [1.807, 2.05) is 24.3 Å². The molecule has 2 N–H and O–H groups in total. The number of amides is 1.